The van der Waals surface area contributed by atoms with Crippen LogP contribution >= 0.6 is 0 Å². The number of nitrogens with zero attached hydrogens (tertiary/aromatic N) is 4. The van der Waals surface area contributed by atoms with Crippen LogP contribution in [0, 0.1) is 5.41 Å². The first-order chi connectivity index (χ1) is 8.93. The van der Waals surface area contributed by atoms with Crippen LogP contribution in [0.5, 0.6) is 0 Å². The Bertz CT molecular complexity index is 457. The summed E-state index contributed by atoms with van der Waals surface area (Å²) < 4.78 is 0. The van der Waals surface area contributed by atoms with E-state index in [4.69, 9.17) is 0 Å². The van der Waals surface area contributed by atoms with Gasteiger partial charge in [0.15, 0.2) is 5.82 Å². The van der Waals surface area contributed by atoms with Gasteiger partial charge < -0.3 is 4.90 Å². The summed E-state index contributed by atoms with van der Waals surface area (Å²) in [7, 11) is 0. The Hall–Kier alpha value is -1.72. The lowest BCUT2D eigenvalue weighted by atomic mass is 9.83. The van der Waals surface area contributed by atoms with E-state index in [2.05, 4.69) is 27.2 Å². The van der Waals surface area contributed by atoms with Gasteiger partial charge in [-0.25, -0.2) is 0 Å². The van der Waals surface area contributed by atoms with E-state index in [0.717, 1.165) is 37.3 Å². The van der Waals surface area contributed by atoms with Gasteiger partial charge in [0.25, 0.3) is 0 Å². The molecule has 0 spiro atoms. The second-order valence-corrected chi connectivity index (χ2v) is 5.74. The van der Waals surface area contributed by atoms with E-state index in [1.54, 1.807) is 0 Å². The van der Waals surface area contributed by atoms with Crippen molar-refractivity contribution in [1.82, 2.24) is 25.5 Å². The van der Waals surface area contributed by atoms with Gasteiger partial charge >= 0.3 is 0 Å². The van der Waals surface area contributed by atoms with E-state index in [1.165, 1.54) is 0 Å². The minimum absolute atomic E-state index is 0.159. The number of piperidine rings is 1. The van der Waals surface area contributed by atoms with Crippen molar-refractivity contribution in [3.8, 4) is 0 Å². The predicted molar refractivity (Wildman–Crippen MR) is 71.3 cm³/mol. The molecule has 1 amide bonds. The van der Waals surface area contributed by atoms with Crippen molar-refractivity contribution in [2.75, 3.05) is 13.1 Å². The molecule has 1 aromatic rings. The predicted octanol–water partition coefficient (Wildman–Crippen LogP) is 1.51. The quantitative estimate of drug-likeness (QED) is 0.839. The molecule has 1 N–H and O–H groups in total. The number of aromatic amines is 1. The van der Waals surface area contributed by atoms with Gasteiger partial charge in [-0.3, -0.25) is 4.79 Å². The fraction of sp³-hybridized carbons (Fsp3) is 0.692. The zero-order valence-corrected chi connectivity index (χ0v) is 11.8. The third kappa shape index (κ3) is 2.67. The molecule has 0 atom stereocenters. The van der Waals surface area contributed by atoms with Crippen LogP contribution in [-0.2, 0) is 4.79 Å². The molecule has 0 saturated carbocycles. The Labute approximate surface area is 113 Å². The number of carbonyl (C=O) groups is 1. The summed E-state index contributed by atoms with van der Waals surface area (Å²) in [4.78, 5) is 14.4. The number of rotatable bonds is 3. The zero-order chi connectivity index (χ0) is 14.0. The van der Waals surface area contributed by atoms with Gasteiger partial charge in [-0.2, -0.15) is 5.21 Å². The molecule has 0 aromatic carbocycles. The van der Waals surface area contributed by atoms with Gasteiger partial charge in [0.2, 0.25) is 5.91 Å². The van der Waals surface area contributed by atoms with Gasteiger partial charge in [-0.1, -0.05) is 17.4 Å². The Morgan fingerprint density at radius 2 is 2.05 bits per heavy atom. The van der Waals surface area contributed by atoms with Crippen LogP contribution in [0.4, 0.5) is 0 Å². The van der Waals surface area contributed by atoms with Crippen molar-refractivity contribution in [3.05, 3.63) is 18.0 Å². The summed E-state index contributed by atoms with van der Waals surface area (Å²) in [6.07, 6.45) is 1.77. The van der Waals surface area contributed by atoms with Gasteiger partial charge in [0, 0.05) is 19.0 Å². The molecule has 1 aliphatic heterocycles. The van der Waals surface area contributed by atoms with Gasteiger partial charge in [0.1, 0.15) is 0 Å². The maximum Gasteiger partial charge on any atom is 0.232 e. The van der Waals surface area contributed by atoms with Gasteiger partial charge in [-0.05, 0) is 33.6 Å². The van der Waals surface area contributed by atoms with Crippen LogP contribution in [-0.4, -0.2) is 44.5 Å². The molecule has 1 aliphatic rings. The lowest BCUT2D eigenvalue weighted by Crippen LogP contribution is -2.45. The first-order valence-corrected chi connectivity index (χ1v) is 6.61. The van der Waals surface area contributed by atoms with Crippen LogP contribution in [0.2, 0.25) is 0 Å². The normalized spacial score (nSPS) is 17.5. The smallest absolute Gasteiger partial charge is 0.232 e. The zero-order valence-electron chi connectivity index (χ0n) is 11.8. The van der Waals surface area contributed by atoms with Crippen molar-refractivity contribution < 1.29 is 4.79 Å². The SMILES string of the molecule is C=C(C)C(C)(C)C(=O)N1CCC(c2nn[nH]n2)CC1. The van der Waals surface area contributed by atoms with Gasteiger partial charge in [0.05, 0.1) is 5.41 Å². The van der Waals surface area contributed by atoms with Crippen LogP contribution < -0.4 is 0 Å². The fourth-order valence-corrected chi connectivity index (χ4v) is 2.26. The molecule has 0 bridgehead atoms. The Morgan fingerprint density at radius 3 is 2.53 bits per heavy atom. The molecule has 19 heavy (non-hydrogen) atoms. The van der Waals surface area contributed by atoms with Crippen LogP contribution in [0.15, 0.2) is 12.2 Å². The molecule has 104 valence electrons. The summed E-state index contributed by atoms with van der Waals surface area (Å²) >= 11 is 0. The standard InChI is InChI=1S/C13H21N5O/c1-9(2)13(3,4)12(19)18-7-5-10(6-8-18)11-14-16-17-15-11/h10H,1,5-8H2,2-4H3,(H,14,15,16,17). The van der Waals surface area contributed by atoms with Crippen molar-refractivity contribution in [1.29, 1.82) is 0 Å². The number of likely N-dealkylation sites (tertiary alicyclic amines) is 1. The molecule has 1 fully saturated rings. The van der Waals surface area contributed by atoms with Crippen molar-refractivity contribution in [2.45, 2.75) is 39.5 Å². The Kier molecular flexibility index (Phi) is 3.68. The average molecular weight is 263 g/mol. The largest absolute Gasteiger partial charge is 0.342 e. The van der Waals surface area contributed by atoms with Crippen LogP contribution in [0.25, 0.3) is 0 Å². The minimum Gasteiger partial charge on any atom is -0.342 e. The number of aromatic nitrogens is 4. The summed E-state index contributed by atoms with van der Waals surface area (Å²) in [5.41, 5.74) is 0.414. The molecule has 6 nitrogen and oxygen atoms in total. The molecule has 0 aliphatic carbocycles. The maximum atomic E-state index is 12.5. The van der Waals surface area contributed by atoms with E-state index in [9.17, 15) is 4.79 Å². The summed E-state index contributed by atoms with van der Waals surface area (Å²) in [5.74, 6) is 1.22. The molecule has 1 saturated heterocycles. The lowest BCUT2D eigenvalue weighted by molar-refractivity contribution is -0.139. The molecule has 0 unspecified atom stereocenters. The van der Waals surface area contributed by atoms with Crippen molar-refractivity contribution >= 4 is 5.91 Å². The number of nitrogens with one attached hydrogen (secondary N) is 1. The Balaban J connectivity index is 1.97. The third-order valence-corrected chi connectivity index (χ3v) is 4.11. The number of amides is 1. The summed E-state index contributed by atoms with van der Waals surface area (Å²) in [5, 5.41) is 14.1. The number of carbonyl (C=O) groups excluding carboxylic acids is 1. The number of tetrazole rings is 1. The molecular formula is C13H21N5O. The lowest BCUT2D eigenvalue weighted by Gasteiger charge is -2.36. The fourth-order valence-electron chi connectivity index (χ4n) is 2.26. The summed E-state index contributed by atoms with van der Waals surface area (Å²) in [6, 6.07) is 0. The van der Waals surface area contributed by atoms with E-state index in [1.807, 2.05) is 25.7 Å². The third-order valence-electron chi connectivity index (χ3n) is 4.11. The van der Waals surface area contributed by atoms with Crippen molar-refractivity contribution in [3.63, 3.8) is 0 Å². The summed E-state index contributed by atoms with van der Waals surface area (Å²) in [6.45, 7) is 11.2. The monoisotopic (exact) mass is 263 g/mol. The second-order valence-electron chi connectivity index (χ2n) is 5.74. The molecule has 0 radical (unpaired) electrons. The van der Waals surface area contributed by atoms with Crippen LogP contribution in [0.3, 0.4) is 0 Å². The van der Waals surface area contributed by atoms with Gasteiger partial charge in [-0.15, -0.1) is 10.2 Å². The van der Waals surface area contributed by atoms with E-state index >= 15 is 0 Å². The molecular weight excluding hydrogens is 242 g/mol. The first-order valence-electron chi connectivity index (χ1n) is 6.61. The van der Waals surface area contributed by atoms with E-state index < -0.39 is 5.41 Å². The first kappa shape index (κ1) is 13.7. The molecule has 2 heterocycles. The minimum atomic E-state index is -0.487. The molecule has 1 aromatic heterocycles. The number of hydrogen-bond acceptors (Lipinski definition) is 4. The highest BCUT2D eigenvalue weighted by atomic mass is 16.2. The topological polar surface area (TPSA) is 74.8 Å². The van der Waals surface area contributed by atoms with E-state index in [0.29, 0.717) is 5.92 Å². The van der Waals surface area contributed by atoms with Crippen LogP contribution in [0.1, 0.15) is 45.4 Å². The Morgan fingerprint density at radius 1 is 1.42 bits per heavy atom. The highest BCUT2D eigenvalue weighted by Gasteiger charge is 2.35. The van der Waals surface area contributed by atoms with Crippen molar-refractivity contribution in [2.24, 2.45) is 5.41 Å². The number of hydrogen-bond donors (Lipinski definition) is 1. The maximum absolute atomic E-state index is 12.5. The van der Waals surface area contributed by atoms with E-state index in [-0.39, 0.29) is 5.91 Å². The highest BCUT2D eigenvalue weighted by Crippen LogP contribution is 2.31. The second kappa shape index (κ2) is 5.11. The average Bonchev–Trinajstić information content (AvgIpc) is 2.91. The molecule has 2 rings (SSSR count). The highest BCUT2D eigenvalue weighted by molar-refractivity contribution is 5.84. The number of H-pyrrole nitrogens is 1. The molecule has 6 heteroatoms.